The fourth-order valence-corrected chi connectivity index (χ4v) is 4.10. The normalized spacial score (nSPS) is 11.0. The molecule has 5 rings (SSSR count). The summed E-state index contributed by atoms with van der Waals surface area (Å²) in [6.07, 6.45) is 0. The molecule has 0 unspecified atom stereocenters. The van der Waals surface area contributed by atoms with Gasteiger partial charge in [-0.2, -0.15) is 0 Å². The molecule has 0 bridgehead atoms. The number of esters is 1. The van der Waals surface area contributed by atoms with E-state index in [2.05, 4.69) is 0 Å². The number of benzene rings is 4. The minimum atomic E-state index is -0.667. The molecule has 6 heteroatoms. The number of fused-ring (bicyclic) bond motifs is 3. The van der Waals surface area contributed by atoms with Crippen molar-refractivity contribution in [1.82, 2.24) is 0 Å². The fourth-order valence-electron chi connectivity index (χ4n) is 3.97. The quantitative estimate of drug-likeness (QED) is 0.133. The largest absolute Gasteiger partial charge is 0.457 e. The number of hydrogen-bond donors (Lipinski definition) is 0. The van der Waals surface area contributed by atoms with Crippen molar-refractivity contribution >= 4 is 45.1 Å². The summed E-state index contributed by atoms with van der Waals surface area (Å²) in [4.78, 5) is 38.2. The summed E-state index contributed by atoms with van der Waals surface area (Å²) >= 11 is 5.92. The van der Waals surface area contributed by atoms with E-state index in [1.54, 1.807) is 54.6 Å². The minimum absolute atomic E-state index is 0.138. The summed E-state index contributed by atoms with van der Waals surface area (Å²) in [5.41, 5.74) is 1.17. The van der Waals surface area contributed by atoms with E-state index in [0.29, 0.717) is 27.1 Å². The van der Waals surface area contributed by atoms with Crippen LogP contribution in [0.2, 0.25) is 5.02 Å². The van der Waals surface area contributed by atoms with E-state index in [9.17, 15) is 14.4 Å². The zero-order valence-corrected chi connectivity index (χ0v) is 18.5. The minimum Gasteiger partial charge on any atom is -0.457 e. The second-order valence-corrected chi connectivity index (χ2v) is 8.14. The van der Waals surface area contributed by atoms with Crippen molar-refractivity contribution in [2.75, 3.05) is 0 Å². The first-order chi connectivity index (χ1) is 16.5. The highest BCUT2D eigenvalue weighted by Crippen LogP contribution is 2.28. The van der Waals surface area contributed by atoms with Crippen LogP contribution in [0.5, 0.6) is 0 Å². The standard InChI is InChI=1S/C28H17ClO5/c29-20-12-9-18(10-13-20)27(31)22-7-3-4-8-23(22)28(32)33-16-19-15-25(30)34-24-14-11-17-5-1-2-6-21(17)26(19)24/h1-15H,16H2. The predicted octanol–water partition coefficient (Wildman–Crippen LogP) is 6.19. The number of halogens is 1. The topological polar surface area (TPSA) is 73.6 Å². The molecule has 0 N–H and O–H groups in total. The Bertz CT molecular complexity index is 1620. The van der Waals surface area contributed by atoms with Gasteiger partial charge in [0.25, 0.3) is 0 Å². The number of carbonyl (C=O) groups is 2. The van der Waals surface area contributed by atoms with Crippen LogP contribution in [0.25, 0.3) is 21.7 Å². The van der Waals surface area contributed by atoms with Crippen molar-refractivity contribution in [2.45, 2.75) is 6.61 Å². The van der Waals surface area contributed by atoms with E-state index < -0.39 is 11.6 Å². The van der Waals surface area contributed by atoms with Gasteiger partial charge in [0.2, 0.25) is 0 Å². The summed E-state index contributed by atoms with van der Waals surface area (Å²) in [7, 11) is 0. The van der Waals surface area contributed by atoms with Crippen molar-refractivity contribution in [3.8, 4) is 0 Å². The van der Waals surface area contributed by atoms with Crippen LogP contribution >= 0.6 is 11.6 Å². The van der Waals surface area contributed by atoms with Crippen LogP contribution < -0.4 is 5.63 Å². The Morgan fingerprint density at radius 3 is 2.32 bits per heavy atom. The van der Waals surface area contributed by atoms with Crippen LogP contribution in [0.15, 0.2) is 100 Å². The van der Waals surface area contributed by atoms with Gasteiger partial charge in [-0.3, -0.25) is 4.79 Å². The van der Waals surface area contributed by atoms with Crippen molar-refractivity contribution in [3.63, 3.8) is 0 Å². The predicted molar refractivity (Wildman–Crippen MR) is 130 cm³/mol. The van der Waals surface area contributed by atoms with Gasteiger partial charge in [0.1, 0.15) is 12.2 Å². The molecule has 0 fully saturated rings. The molecule has 0 saturated carbocycles. The van der Waals surface area contributed by atoms with Gasteiger partial charge in [-0.25, -0.2) is 9.59 Å². The highest BCUT2D eigenvalue weighted by atomic mass is 35.5. The van der Waals surface area contributed by atoms with Crippen LogP contribution in [0.4, 0.5) is 0 Å². The Labute approximate surface area is 199 Å². The van der Waals surface area contributed by atoms with Gasteiger partial charge in [0.05, 0.1) is 5.56 Å². The lowest BCUT2D eigenvalue weighted by Crippen LogP contribution is -2.13. The Kier molecular flexibility index (Phi) is 5.70. The van der Waals surface area contributed by atoms with Crippen molar-refractivity contribution in [3.05, 3.63) is 129 Å². The van der Waals surface area contributed by atoms with Gasteiger partial charge in [0, 0.05) is 33.2 Å². The SMILES string of the molecule is O=C(OCc1cc(=O)oc2ccc3ccccc3c12)c1ccccc1C(=O)c1ccc(Cl)cc1. The highest BCUT2D eigenvalue weighted by molar-refractivity contribution is 6.30. The highest BCUT2D eigenvalue weighted by Gasteiger charge is 2.20. The third kappa shape index (κ3) is 4.09. The van der Waals surface area contributed by atoms with Gasteiger partial charge in [0.15, 0.2) is 5.78 Å². The molecule has 0 spiro atoms. The third-order valence-electron chi connectivity index (χ3n) is 5.57. The monoisotopic (exact) mass is 468 g/mol. The first kappa shape index (κ1) is 21.6. The van der Waals surface area contributed by atoms with Gasteiger partial charge < -0.3 is 9.15 Å². The second kappa shape index (κ2) is 8.96. The fraction of sp³-hybridized carbons (Fsp3) is 0.0357. The molecular weight excluding hydrogens is 452 g/mol. The Hall–Kier alpha value is -4.22. The molecule has 0 radical (unpaired) electrons. The van der Waals surface area contributed by atoms with E-state index in [4.69, 9.17) is 20.8 Å². The van der Waals surface area contributed by atoms with E-state index in [1.165, 1.54) is 6.07 Å². The lowest BCUT2D eigenvalue weighted by Gasteiger charge is -2.11. The van der Waals surface area contributed by atoms with Crippen LogP contribution in [-0.4, -0.2) is 11.8 Å². The molecular formula is C28H17ClO5. The summed E-state index contributed by atoms with van der Waals surface area (Å²) in [6, 6.07) is 25.5. The van der Waals surface area contributed by atoms with E-state index in [-0.39, 0.29) is 23.5 Å². The molecule has 5 nitrogen and oxygen atoms in total. The molecule has 1 aromatic heterocycles. The molecule has 0 atom stereocenters. The van der Waals surface area contributed by atoms with Gasteiger partial charge in [-0.1, -0.05) is 60.1 Å². The first-order valence-corrected chi connectivity index (χ1v) is 10.9. The van der Waals surface area contributed by atoms with Crippen molar-refractivity contribution in [2.24, 2.45) is 0 Å². The smallest absolute Gasteiger partial charge is 0.339 e. The molecule has 166 valence electrons. The average Bonchev–Trinajstić information content (AvgIpc) is 2.86. The van der Waals surface area contributed by atoms with Crippen LogP contribution in [-0.2, 0) is 11.3 Å². The maximum atomic E-state index is 13.0. The lowest BCUT2D eigenvalue weighted by atomic mass is 9.98. The molecule has 0 aliphatic carbocycles. The van der Waals surface area contributed by atoms with Gasteiger partial charge in [-0.05, 0) is 47.2 Å². The van der Waals surface area contributed by atoms with E-state index in [0.717, 1.165) is 10.8 Å². The molecule has 0 aliphatic rings. The Morgan fingerprint density at radius 1 is 0.824 bits per heavy atom. The maximum absolute atomic E-state index is 13.0. The molecule has 5 aromatic rings. The van der Waals surface area contributed by atoms with E-state index in [1.807, 2.05) is 30.3 Å². The molecule has 4 aromatic carbocycles. The summed E-state index contributed by atoms with van der Waals surface area (Å²) in [6.45, 7) is -0.154. The molecule has 0 saturated heterocycles. The zero-order chi connectivity index (χ0) is 23.7. The zero-order valence-electron chi connectivity index (χ0n) is 17.8. The Balaban J connectivity index is 1.48. The lowest BCUT2D eigenvalue weighted by molar-refractivity contribution is 0.0471. The molecule has 0 aliphatic heterocycles. The van der Waals surface area contributed by atoms with Crippen molar-refractivity contribution in [1.29, 1.82) is 0 Å². The van der Waals surface area contributed by atoms with E-state index >= 15 is 0 Å². The summed E-state index contributed by atoms with van der Waals surface area (Å²) in [5, 5.41) is 3.07. The number of carbonyl (C=O) groups excluding carboxylic acids is 2. The van der Waals surface area contributed by atoms with Gasteiger partial charge in [-0.15, -0.1) is 0 Å². The molecule has 0 amide bonds. The number of hydrogen-bond acceptors (Lipinski definition) is 5. The Morgan fingerprint density at radius 2 is 1.53 bits per heavy atom. The summed E-state index contributed by atoms with van der Waals surface area (Å²) in [5.74, 6) is -0.986. The number of rotatable bonds is 5. The van der Waals surface area contributed by atoms with Crippen LogP contribution in [0.1, 0.15) is 31.8 Å². The maximum Gasteiger partial charge on any atom is 0.339 e. The number of ether oxygens (including phenoxy) is 1. The number of ketones is 1. The third-order valence-corrected chi connectivity index (χ3v) is 5.82. The van der Waals surface area contributed by atoms with Crippen LogP contribution in [0.3, 0.4) is 0 Å². The molecule has 1 heterocycles. The average molecular weight is 469 g/mol. The van der Waals surface area contributed by atoms with Gasteiger partial charge >= 0.3 is 11.6 Å². The summed E-state index contributed by atoms with van der Waals surface area (Å²) < 4.78 is 10.9. The van der Waals surface area contributed by atoms with Crippen molar-refractivity contribution < 1.29 is 18.7 Å². The second-order valence-electron chi connectivity index (χ2n) is 7.71. The molecule has 34 heavy (non-hydrogen) atoms. The first-order valence-electron chi connectivity index (χ1n) is 10.5. The van der Waals surface area contributed by atoms with Crippen LogP contribution in [0, 0.1) is 0 Å².